The minimum atomic E-state index is -0.323. The monoisotopic (exact) mass is 414 g/mol. The van der Waals surface area contributed by atoms with E-state index in [-0.39, 0.29) is 11.9 Å². The van der Waals surface area contributed by atoms with Gasteiger partial charge in [0.1, 0.15) is 0 Å². The van der Waals surface area contributed by atoms with Crippen molar-refractivity contribution >= 4 is 34.7 Å². The van der Waals surface area contributed by atoms with Crippen molar-refractivity contribution in [3.63, 3.8) is 0 Å². The van der Waals surface area contributed by atoms with Gasteiger partial charge in [-0.25, -0.2) is 4.79 Å². The molecule has 1 aliphatic rings. The van der Waals surface area contributed by atoms with Crippen molar-refractivity contribution in [2.24, 2.45) is 0 Å². The van der Waals surface area contributed by atoms with Gasteiger partial charge >= 0.3 is 6.03 Å². The third-order valence-electron chi connectivity index (χ3n) is 5.27. The van der Waals surface area contributed by atoms with Crippen molar-refractivity contribution in [3.05, 3.63) is 84.4 Å². The van der Waals surface area contributed by atoms with Crippen molar-refractivity contribution in [2.75, 3.05) is 33.9 Å². The Morgan fingerprint density at radius 3 is 2.06 bits per heavy atom. The maximum atomic E-state index is 12.6. The number of para-hydroxylation sites is 1. The Kier molecular flexibility index (Phi) is 6.47. The van der Waals surface area contributed by atoms with Crippen LogP contribution in [0.25, 0.3) is 0 Å². The maximum Gasteiger partial charge on any atom is 0.323 e. The number of carbonyl (C=O) groups is 2. The summed E-state index contributed by atoms with van der Waals surface area (Å²) < 4.78 is 0. The molecule has 3 aromatic rings. The lowest BCUT2D eigenvalue weighted by atomic mass is 10.1. The largest absolute Gasteiger partial charge is 0.370 e. The molecule has 31 heavy (non-hydrogen) atoms. The van der Waals surface area contributed by atoms with Crippen LogP contribution in [0.2, 0.25) is 0 Å². The standard InChI is InChI=1S/C25H26N4O2/c30-24(19-10-4-1-5-11-19)26-21-14-15-23(29-16-8-3-9-17-29)22(18-21)28-25(31)27-20-12-6-2-7-13-20/h1-2,4-7,10-15,18H,3,8-9,16-17H2,(H,26,30)(H2,27,28,31). The highest BCUT2D eigenvalue weighted by molar-refractivity contribution is 6.06. The summed E-state index contributed by atoms with van der Waals surface area (Å²) in [5.74, 6) is -0.189. The molecule has 6 nitrogen and oxygen atoms in total. The van der Waals surface area contributed by atoms with Crippen LogP contribution >= 0.6 is 0 Å². The average Bonchev–Trinajstić information content (AvgIpc) is 2.81. The Hall–Kier alpha value is -3.80. The fourth-order valence-electron chi connectivity index (χ4n) is 3.72. The Morgan fingerprint density at radius 2 is 1.35 bits per heavy atom. The van der Waals surface area contributed by atoms with E-state index in [0.29, 0.717) is 22.6 Å². The summed E-state index contributed by atoms with van der Waals surface area (Å²) >= 11 is 0. The van der Waals surface area contributed by atoms with E-state index in [1.165, 1.54) is 6.42 Å². The normalized spacial score (nSPS) is 13.4. The molecule has 1 aliphatic heterocycles. The summed E-state index contributed by atoms with van der Waals surface area (Å²) in [7, 11) is 0. The van der Waals surface area contributed by atoms with Crippen LogP contribution in [-0.4, -0.2) is 25.0 Å². The van der Waals surface area contributed by atoms with Crippen LogP contribution in [-0.2, 0) is 0 Å². The van der Waals surface area contributed by atoms with Crippen molar-refractivity contribution in [2.45, 2.75) is 19.3 Å². The number of anilines is 4. The average molecular weight is 415 g/mol. The van der Waals surface area contributed by atoms with Crippen LogP contribution in [0.15, 0.2) is 78.9 Å². The number of amides is 3. The molecule has 0 aromatic heterocycles. The first-order chi connectivity index (χ1) is 15.2. The van der Waals surface area contributed by atoms with Crippen molar-refractivity contribution in [1.82, 2.24) is 0 Å². The molecule has 0 bridgehead atoms. The first-order valence-electron chi connectivity index (χ1n) is 10.6. The lowest BCUT2D eigenvalue weighted by Crippen LogP contribution is -2.31. The third kappa shape index (κ3) is 5.42. The van der Waals surface area contributed by atoms with Crippen molar-refractivity contribution in [3.8, 4) is 0 Å². The molecule has 0 aliphatic carbocycles. The van der Waals surface area contributed by atoms with E-state index < -0.39 is 0 Å². The lowest BCUT2D eigenvalue weighted by molar-refractivity contribution is 0.102. The topological polar surface area (TPSA) is 73.5 Å². The predicted octanol–water partition coefficient (Wildman–Crippen LogP) is 5.57. The number of nitrogens with zero attached hydrogens (tertiary/aromatic N) is 1. The molecule has 0 spiro atoms. The number of rotatable bonds is 5. The van der Waals surface area contributed by atoms with Crippen LogP contribution in [0.5, 0.6) is 0 Å². The maximum absolute atomic E-state index is 12.6. The fraction of sp³-hybridized carbons (Fsp3) is 0.200. The highest BCUT2D eigenvalue weighted by Crippen LogP contribution is 2.31. The molecule has 1 heterocycles. The van der Waals surface area contributed by atoms with Gasteiger partial charge < -0.3 is 20.9 Å². The Labute approximate surface area is 182 Å². The van der Waals surface area contributed by atoms with Gasteiger partial charge in [-0.05, 0) is 61.7 Å². The summed E-state index contributed by atoms with van der Waals surface area (Å²) in [6, 6.07) is 23.7. The minimum absolute atomic E-state index is 0.189. The van der Waals surface area contributed by atoms with Gasteiger partial charge in [0.25, 0.3) is 5.91 Å². The van der Waals surface area contributed by atoms with Gasteiger partial charge in [0.2, 0.25) is 0 Å². The molecule has 0 unspecified atom stereocenters. The number of benzene rings is 3. The smallest absolute Gasteiger partial charge is 0.323 e. The second kappa shape index (κ2) is 9.80. The molecule has 3 aromatic carbocycles. The molecule has 1 saturated heterocycles. The molecular weight excluding hydrogens is 388 g/mol. The zero-order valence-electron chi connectivity index (χ0n) is 17.3. The number of urea groups is 1. The Morgan fingerprint density at radius 1 is 0.677 bits per heavy atom. The molecule has 1 fully saturated rings. The quantitative estimate of drug-likeness (QED) is 0.511. The van der Waals surface area contributed by atoms with Crippen LogP contribution in [0.1, 0.15) is 29.6 Å². The molecule has 3 amide bonds. The highest BCUT2D eigenvalue weighted by Gasteiger charge is 2.17. The van der Waals surface area contributed by atoms with Gasteiger partial charge in [-0.15, -0.1) is 0 Å². The van der Waals surface area contributed by atoms with E-state index in [1.807, 2.05) is 66.7 Å². The van der Waals surface area contributed by atoms with Crippen molar-refractivity contribution < 1.29 is 9.59 Å². The predicted molar refractivity (Wildman–Crippen MR) is 126 cm³/mol. The second-order valence-corrected chi connectivity index (χ2v) is 7.54. The van der Waals surface area contributed by atoms with Gasteiger partial charge in [0, 0.05) is 30.0 Å². The Bertz CT molecular complexity index is 1030. The van der Waals surface area contributed by atoms with E-state index in [0.717, 1.165) is 31.6 Å². The number of hydrogen-bond donors (Lipinski definition) is 3. The lowest BCUT2D eigenvalue weighted by Gasteiger charge is -2.31. The van der Waals surface area contributed by atoms with Gasteiger partial charge in [0.05, 0.1) is 11.4 Å². The molecule has 158 valence electrons. The summed E-state index contributed by atoms with van der Waals surface area (Å²) in [5, 5.41) is 8.74. The van der Waals surface area contributed by atoms with Gasteiger partial charge in [-0.1, -0.05) is 36.4 Å². The van der Waals surface area contributed by atoms with Gasteiger partial charge in [-0.3, -0.25) is 4.79 Å². The van der Waals surface area contributed by atoms with Crippen LogP contribution < -0.4 is 20.9 Å². The summed E-state index contributed by atoms with van der Waals surface area (Å²) in [6.45, 7) is 1.90. The number of piperidine rings is 1. The van der Waals surface area contributed by atoms with Gasteiger partial charge in [-0.2, -0.15) is 0 Å². The Balaban J connectivity index is 1.55. The molecule has 6 heteroatoms. The van der Waals surface area contributed by atoms with Crippen LogP contribution in [0.3, 0.4) is 0 Å². The number of carbonyl (C=O) groups excluding carboxylic acids is 2. The third-order valence-corrected chi connectivity index (χ3v) is 5.27. The molecule has 0 saturated carbocycles. The van der Waals surface area contributed by atoms with Crippen LogP contribution in [0.4, 0.5) is 27.5 Å². The zero-order chi connectivity index (χ0) is 21.5. The molecule has 4 rings (SSSR count). The summed E-state index contributed by atoms with van der Waals surface area (Å²) in [4.78, 5) is 27.5. The summed E-state index contributed by atoms with van der Waals surface area (Å²) in [6.07, 6.45) is 3.48. The van der Waals surface area contributed by atoms with E-state index >= 15 is 0 Å². The first kappa shape index (κ1) is 20.5. The minimum Gasteiger partial charge on any atom is -0.370 e. The van der Waals surface area contributed by atoms with E-state index in [2.05, 4.69) is 20.9 Å². The van der Waals surface area contributed by atoms with Crippen LogP contribution in [0, 0.1) is 0 Å². The number of hydrogen-bond acceptors (Lipinski definition) is 3. The SMILES string of the molecule is O=C(Nc1ccccc1)Nc1cc(NC(=O)c2ccccc2)ccc1N1CCCCC1. The molecule has 0 radical (unpaired) electrons. The molecular formula is C25H26N4O2. The van der Waals surface area contributed by atoms with E-state index in [1.54, 1.807) is 12.1 Å². The van der Waals surface area contributed by atoms with Crippen molar-refractivity contribution in [1.29, 1.82) is 0 Å². The zero-order valence-corrected chi connectivity index (χ0v) is 17.3. The highest BCUT2D eigenvalue weighted by atomic mass is 16.2. The molecule has 3 N–H and O–H groups in total. The fourth-order valence-corrected chi connectivity index (χ4v) is 3.72. The van der Waals surface area contributed by atoms with Gasteiger partial charge in [0.15, 0.2) is 0 Å². The second-order valence-electron chi connectivity index (χ2n) is 7.54. The number of nitrogens with one attached hydrogen (secondary N) is 3. The summed E-state index contributed by atoms with van der Waals surface area (Å²) in [5.41, 5.74) is 3.55. The molecule has 0 atom stereocenters. The first-order valence-corrected chi connectivity index (χ1v) is 10.6. The van der Waals surface area contributed by atoms with E-state index in [9.17, 15) is 9.59 Å². The van der Waals surface area contributed by atoms with E-state index in [4.69, 9.17) is 0 Å².